The van der Waals surface area contributed by atoms with Gasteiger partial charge < -0.3 is 5.11 Å². The fraction of sp³-hybridized carbons (Fsp3) is 0.143. The van der Waals surface area contributed by atoms with Crippen LogP contribution in [0.4, 0.5) is 5.69 Å². The third-order valence-corrected chi connectivity index (χ3v) is 3.75. The summed E-state index contributed by atoms with van der Waals surface area (Å²) in [6.07, 6.45) is 0. The Balaban J connectivity index is 3.50. The summed E-state index contributed by atoms with van der Waals surface area (Å²) in [4.78, 5) is 10.1. The van der Waals surface area contributed by atoms with Crippen molar-refractivity contribution in [2.45, 2.75) is 6.92 Å². The van der Waals surface area contributed by atoms with Crippen molar-refractivity contribution in [2.24, 2.45) is 0 Å². The second-order valence-corrected chi connectivity index (χ2v) is 4.66. The van der Waals surface area contributed by atoms with E-state index in [-0.39, 0.29) is 11.4 Å². The summed E-state index contributed by atoms with van der Waals surface area (Å²) in [5.74, 6) is 0.115. The van der Waals surface area contributed by atoms with E-state index in [2.05, 4.69) is 0 Å². The van der Waals surface area contributed by atoms with E-state index in [0.29, 0.717) is 12.7 Å². The van der Waals surface area contributed by atoms with Crippen LogP contribution < -0.4 is 0 Å². The predicted molar refractivity (Wildman–Crippen MR) is 64.9 cm³/mol. The second-order valence-electron chi connectivity index (χ2n) is 2.42. The second kappa shape index (κ2) is 3.95. The summed E-state index contributed by atoms with van der Waals surface area (Å²) in [6, 6.07) is 1.37. The Bertz CT molecular complexity index is 378. The summed E-state index contributed by atoms with van der Waals surface area (Å²) >= 11 is 3.76. The number of benzene rings is 1. The van der Waals surface area contributed by atoms with Gasteiger partial charge in [0.25, 0.3) is 5.69 Å². The third-order valence-electron chi connectivity index (χ3n) is 1.61. The van der Waals surface area contributed by atoms with Crippen molar-refractivity contribution in [2.75, 3.05) is 0 Å². The first-order chi connectivity index (χ1) is 5.95. The topological polar surface area (TPSA) is 63.4 Å². The Kier molecular flexibility index (Phi) is 3.33. The molecule has 1 aromatic carbocycles. The molecule has 0 atom stereocenters. The predicted octanol–water partition coefficient (Wildman–Crippen LogP) is 2.82. The lowest BCUT2D eigenvalue weighted by Gasteiger charge is -2.04. The number of nitrogens with zero attached hydrogens (tertiary/aromatic N) is 1. The number of phenolic OH excluding ortho intramolecular Hbond substituents is 1. The third kappa shape index (κ3) is 2.03. The van der Waals surface area contributed by atoms with Gasteiger partial charge in [0.2, 0.25) is 0 Å². The molecule has 1 aromatic rings. The molecule has 13 heavy (non-hydrogen) atoms. The highest BCUT2D eigenvalue weighted by Gasteiger charge is 2.18. The van der Waals surface area contributed by atoms with Gasteiger partial charge in [-0.15, -0.1) is 0 Å². The van der Waals surface area contributed by atoms with Crippen LogP contribution in [0.2, 0.25) is 0 Å². The Morgan fingerprint density at radius 2 is 2.08 bits per heavy atom. The average Bonchev–Trinajstić information content (AvgIpc) is 2.07. The van der Waals surface area contributed by atoms with Crippen LogP contribution in [0.5, 0.6) is 5.75 Å². The van der Waals surface area contributed by atoms with Gasteiger partial charge >= 0.3 is 0 Å². The minimum absolute atomic E-state index is 0.0478. The molecule has 0 aromatic heterocycles. The minimum atomic E-state index is -0.445. The molecule has 0 saturated heterocycles. The van der Waals surface area contributed by atoms with Crippen LogP contribution in [0.15, 0.2) is 6.07 Å². The number of aromatic hydroxyl groups is 1. The molecule has 0 aliphatic heterocycles. The molecule has 0 aliphatic carbocycles. The van der Waals surface area contributed by atoms with E-state index in [4.69, 9.17) is 0 Å². The van der Waals surface area contributed by atoms with Crippen LogP contribution >= 0.6 is 45.2 Å². The van der Waals surface area contributed by atoms with Crippen LogP contribution in [0, 0.1) is 24.2 Å². The van der Waals surface area contributed by atoms with Gasteiger partial charge in [-0.3, -0.25) is 10.1 Å². The van der Waals surface area contributed by atoms with E-state index in [1.165, 1.54) is 6.07 Å². The molecule has 0 heterocycles. The molecule has 0 spiro atoms. The summed E-state index contributed by atoms with van der Waals surface area (Å²) in [5, 5.41) is 20.0. The lowest BCUT2D eigenvalue weighted by atomic mass is 10.2. The van der Waals surface area contributed by atoms with Crippen LogP contribution in [0.25, 0.3) is 0 Å². The van der Waals surface area contributed by atoms with Gasteiger partial charge in [0, 0.05) is 11.6 Å². The van der Waals surface area contributed by atoms with E-state index >= 15 is 0 Å². The molecule has 0 unspecified atom stereocenters. The summed E-state index contributed by atoms with van der Waals surface area (Å²) in [6.45, 7) is 1.62. The number of phenols is 1. The molecule has 0 saturated carbocycles. The molecule has 0 amide bonds. The molecule has 0 aliphatic rings. The highest BCUT2D eigenvalue weighted by Crippen LogP contribution is 2.34. The van der Waals surface area contributed by atoms with Crippen LogP contribution in [-0.4, -0.2) is 10.0 Å². The van der Waals surface area contributed by atoms with Crippen LogP contribution in [0.3, 0.4) is 0 Å². The maximum atomic E-state index is 10.6. The number of nitro groups is 1. The number of hydrogen-bond donors (Lipinski definition) is 1. The lowest BCUT2D eigenvalue weighted by molar-refractivity contribution is -0.385. The van der Waals surface area contributed by atoms with Gasteiger partial charge in [-0.25, -0.2) is 0 Å². The fourth-order valence-electron chi connectivity index (χ4n) is 0.881. The first-order valence-electron chi connectivity index (χ1n) is 3.27. The number of nitro benzene ring substituents is 1. The van der Waals surface area contributed by atoms with Crippen LogP contribution in [0.1, 0.15) is 5.56 Å². The minimum Gasteiger partial charge on any atom is -0.506 e. The Morgan fingerprint density at radius 1 is 1.54 bits per heavy atom. The van der Waals surface area contributed by atoms with E-state index in [9.17, 15) is 15.2 Å². The van der Waals surface area contributed by atoms with Crippen molar-refractivity contribution >= 4 is 50.9 Å². The lowest BCUT2D eigenvalue weighted by Crippen LogP contribution is -1.95. The van der Waals surface area contributed by atoms with Crippen molar-refractivity contribution in [3.05, 3.63) is 28.9 Å². The molecular formula is C7H5I2NO3. The Labute approximate surface area is 102 Å². The van der Waals surface area contributed by atoms with Gasteiger partial charge in [0.05, 0.1) is 12.1 Å². The smallest absolute Gasteiger partial charge is 0.274 e. The van der Waals surface area contributed by atoms with Crippen molar-refractivity contribution in [1.29, 1.82) is 0 Å². The molecular weight excluding hydrogens is 400 g/mol. The fourth-order valence-corrected chi connectivity index (χ4v) is 2.53. The van der Waals surface area contributed by atoms with E-state index in [1.807, 2.05) is 45.2 Å². The van der Waals surface area contributed by atoms with Gasteiger partial charge in [0.15, 0.2) is 0 Å². The Hall–Kier alpha value is -0.120. The molecule has 0 radical (unpaired) electrons. The molecule has 0 fully saturated rings. The van der Waals surface area contributed by atoms with Crippen molar-refractivity contribution in [1.82, 2.24) is 0 Å². The zero-order valence-corrected chi connectivity index (χ0v) is 10.9. The first-order valence-corrected chi connectivity index (χ1v) is 5.43. The van der Waals surface area contributed by atoms with Gasteiger partial charge in [0.1, 0.15) is 5.75 Å². The van der Waals surface area contributed by atoms with Crippen molar-refractivity contribution < 1.29 is 10.0 Å². The summed E-state index contributed by atoms with van der Waals surface area (Å²) in [5.41, 5.74) is 0.551. The van der Waals surface area contributed by atoms with E-state index in [0.717, 1.165) is 0 Å². The monoisotopic (exact) mass is 405 g/mol. The SMILES string of the molecule is Cc1c([N+](=O)[O-])cc(I)c(O)c1I. The first kappa shape index (κ1) is 11.0. The molecule has 6 heteroatoms. The summed E-state index contributed by atoms with van der Waals surface area (Å²) < 4.78 is 1.04. The maximum Gasteiger partial charge on any atom is 0.274 e. The number of hydrogen-bond acceptors (Lipinski definition) is 3. The molecule has 0 bridgehead atoms. The highest BCUT2D eigenvalue weighted by molar-refractivity contribution is 14.1. The number of rotatable bonds is 1. The van der Waals surface area contributed by atoms with Crippen LogP contribution in [-0.2, 0) is 0 Å². The van der Waals surface area contributed by atoms with Crippen molar-refractivity contribution in [3.63, 3.8) is 0 Å². The van der Waals surface area contributed by atoms with E-state index < -0.39 is 4.92 Å². The molecule has 4 nitrogen and oxygen atoms in total. The molecule has 70 valence electrons. The van der Waals surface area contributed by atoms with Gasteiger partial charge in [-0.2, -0.15) is 0 Å². The maximum absolute atomic E-state index is 10.6. The molecule has 1 rings (SSSR count). The quantitative estimate of drug-likeness (QED) is 0.444. The van der Waals surface area contributed by atoms with E-state index in [1.54, 1.807) is 6.92 Å². The van der Waals surface area contributed by atoms with Gasteiger partial charge in [-0.05, 0) is 52.1 Å². The summed E-state index contributed by atoms with van der Waals surface area (Å²) in [7, 11) is 0. The number of halogens is 2. The highest BCUT2D eigenvalue weighted by atomic mass is 127. The van der Waals surface area contributed by atoms with Crippen molar-refractivity contribution in [3.8, 4) is 5.75 Å². The standard InChI is InChI=1S/C7H5I2NO3/c1-3-5(10(12)13)2-4(8)7(11)6(3)9/h2,11H,1H3. The largest absolute Gasteiger partial charge is 0.506 e. The zero-order chi connectivity index (χ0) is 10.2. The normalized spacial score (nSPS) is 10.1. The molecule has 1 N–H and O–H groups in total. The zero-order valence-electron chi connectivity index (χ0n) is 6.54. The average molecular weight is 405 g/mol. The Morgan fingerprint density at radius 3 is 2.54 bits per heavy atom. The van der Waals surface area contributed by atoms with Gasteiger partial charge in [-0.1, -0.05) is 0 Å².